The predicted molar refractivity (Wildman–Crippen MR) is 73.6 cm³/mol. The molecule has 2 N–H and O–H groups in total. The van der Waals surface area contributed by atoms with E-state index in [0.717, 1.165) is 24.1 Å². The number of amides is 1. The van der Waals surface area contributed by atoms with Gasteiger partial charge in [0.1, 0.15) is 0 Å². The number of hydrogen-bond donors (Lipinski definition) is 1. The van der Waals surface area contributed by atoms with Gasteiger partial charge in [0, 0.05) is 24.7 Å². The number of rotatable bonds is 1. The summed E-state index contributed by atoms with van der Waals surface area (Å²) in [7, 11) is 0. The van der Waals surface area contributed by atoms with E-state index in [-0.39, 0.29) is 11.9 Å². The molecule has 1 aliphatic rings. The standard InChI is InChI=1S/C15H22N2O/c1-10-4-5-13(8-12(10)3)15(18)17-7-6-11(2)14(16)9-17/h4-5,8,11,14H,6-7,9,16H2,1-3H3. The number of carbonyl (C=O) groups excluding carboxylic acids is 1. The van der Waals surface area contributed by atoms with Crippen LogP contribution in [0.3, 0.4) is 0 Å². The van der Waals surface area contributed by atoms with E-state index in [4.69, 9.17) is 5.73 Å². The second kappa shape index (κ2) is 5.11. The van der Waals surface area contributed by atoms with Gasteiger partial charge in [-0.3, -0.25) is 4.79 Å². The molecule has 0 saturated carbocycles. The van der Waals surface area contributed by atoms with Crippen LogP contribution in [0.25, 0.3) is 0 Å². The summed E-state index contributed by atoms with van der Waals surface area (Å²) in [6.07, 6.45) is 0.998. The topological polar surface area (TPSA) is 46.3 Å². The van der Waals surface area contributed by atoms with Gasteiger partial charge in [-0.25, -0.2) is 0 Å². The van der Waals surface area contributed by atoms with Gasteiger partial charge < -0.3 is 10.6 Å². The van der Waals surface area contributed by atoms with Crippen LogP contribution in [0.15, 0.2) is 18.2 Å². The Balaban J connectivity index is 2.14. The molecule has 3 nitrogen and oxygen atoms in total. The van der Waals surface area contributed by atoms with E-state index in [0.29, 0.717) is 12.5 Å². The maximum absolute atomic E-state index is 12.4. The summed E-state index contributed by atoms with van der Waals surface area (Å²) < 4.78 is 0. The van der Waals surface area contributed by atoms with Crippen molar-refractivity contribution < 1.29 is 4.79 Å². The quantitative estimate of drug-likeness (QED) is 0.825. The summed E-state index contributed by atoms with van der Waals surface area (Å²) >= 11 is 0. The second-order valence-corrected chi connectivity index (χ2v) is 5.48. The van der Waals surface area contributed by atoms with Crippen molar-refractivity contribution in [2.45, 2.75) is 33.2 Å². The highest BCUT2D eigenvalue weighted by Crippen LogP contribution is 2.18. The smallest absolute Gasteiger partial charge is 0.253 e. The fourth-order valence-electron chi connectivity index (χ4n) is 2.34. The molecule has 98 valence electrons. The first-order valence-corrected chi connectivity index (χ1v) is 6.61. The fraction of sp³-hybridized carbons (Fsp3) is 0.533. The normalized spacial score (nSPS) is 24.1. The number of carbonyl (C=O) groups is 1. The molecule has 0 spiro atoms. The number of aryl methyl sites for hydroxylation is 2. The Morgan fingerprint density at radius 2 is 2.06 bits per heavy atom. The summed E-state index contributed by atoms with van der Waals surface area (Å²) in [6, 6.07) is 6.00. The molecule has 3 heteroatoms. The first-order chi connectivity index (χ1) is 8.49. The largest absolute Gasteiger partial charge is 0.337 e. The molecule has 0 radical (unpaired) electrons. The van der Waals surface area contributed by atoms with E-state index in [1.165, 1.54) is 5.56 Å². The number of nitrogens with zero attached hydrogens (tertiary/aromatic N) is 1. The van der Waals surface area contributed by atoms with Crippen molar-refractivity contribution in [3.05, 3.63) is 34.9 Å². The van der Waals surface area contributed by atoms with E-state index in [1.54, 1.807) is 0 Å². The summed E-state index contributed by atoms with van der Waals surface area (Å²) in [5.74, 6) is 0.620. The lowest BCUT2D eigenvalue weighted by Gasteiger charge is -2.35. The zero-order valence-electron chi connectivity index (χ0n) is 11.4. The van der Waals surface area contributed by atoms with Crippen LogP contribution >= 0.6 is 0 Å². The Labute approximate surface area is 109 Å². The van der Waals surface area contributed by atoms with Crippen LogP contribution in [0, 0.1) is 19.8 Å². The highest BCUT2D eigenvalue weighted by Gasteiger charge is 2.26. The van der Waals surface area contributed by atoms with Gasteiger partial charge in [0.05, 0.1) is 0 Å². The summed E-state index contributed by atoms with van der Waals surface area (Å²) in [4.78, 5) is 14.3. The van der Waals surface area contributed by atoms with Gasteiger partial charge in [-0.15, -0.1) is 0 Å². The Morgan fingerprint density at radius 3 is 2.67 bits per heavy atom. The van der Waals surface area contributed by atoms with E-state index in [9.17, 15) is 4.79 Å². The maximum atomic E-state index is 12.4. The van der Waals surface area contributed by atoms with Crippen molar-refractivity contribution in [2.75, 3.05) is 13.1 Å². The molecule has 2 unspecified atom stereocenters. The van der Waals surface area contributed by atoms with Gasteiger partial charge in [0.15, 0.2) is 0 Å². The number of likely N-dealkylation sites (tertiary alicyclic amines) is 1. The van der Waals surface area contributed by atoms with Crippen molar-refractivity contribution >= 4 is 5.91 Å². The fourth-order valence-corrected chi connectivity index (χ4v) is 2.34. The third-order valence-corrected chi connectivity index (χ3v) is 4.06. The molecule has 1 aliphatic heterocycles. The Kier molecular flexibility index (Phi) is 3.71. The molecule has 0 aromatic heterocycles. The highest BCUT2D eigenvalue weighted by molar-refractivity contribution is 5.94. The van der Waals surface area contributed by atoms with Gasteiger partial charge in [-0.1, -0.05) is 13.0 Å². The molecule has 1 aromatic rings. The van der Waals surface area contributed by atoms with Gasteiger partial charge in [-0.2, -0.15) is 0 Å². The summed E-state index contributed by atoms with van der Waals surface area (Å²) in [6.45, 7) is 7.74. The van der Waals surface area contributed by atoms with E-state index >= 15 is 0 Å². The van der Waals surface area contributed by atoms with E-state index in [1.807, 2.05) is 30.0 Å². The third-order valence-electron chi connectivity index (χ3n) is 4.06. The molecule has 1 saturated heterocycles. The van der Waals surface area contributed by atoms with Gasteiger partial charge in [-0.05, 0) is 49.4 Å². The second-order valence-electron chi connectivity index (χ2n) is 5.48. The van der Waals surface area contributed by atoms with Crippen LogP contribution in [0.5, 0.6) is 0 Å². The number of hydrogen-bond acceptors (Lipinski definition) is 2. The molecule has 1 aromatic carbocycles. The minimum absolute atomic E-state index is 0.106. The Bertz CT molecular complexity index is 456. The molecule has 1 fully saturated rings. The summed E-state index contributed by atoms with van der Waals surface area (Å²) in [5, 5.41) is 0. The molecular weight excluding hydrogens is 224 g/mol. The number of nitrogens with two attached hydrogens (primary N) is 1. The molecule has 2 rings (SSSR count). The average Bonchev–Trinajstić information content (AvgIpc) is 2.35. The van der Waals surface area contributed by atoms with E-state index in [2.05, 4.69) is 13.8 Å². The first kappa shape index (κ1) is 13.1. The van der Waals surface area contributed by atoms with Crippen LogP contribution < -0.4 is 5.73 Å². The van der Waals surface area contributed by atoms with Crippen molar-refractivity contribution in [1.29, 1.82) is 0 Å². The number of benzene rings is 1. The van der Waals surface area contributed by atoms with Crippen molar-refractivity contribution in [2.24, 2.45) is 11.7 Å². The summed E-state index contributed by atoms with van der Waals surface area (Å²) in [5.41, 5.74) is 9.20. The van der Waals surface area contributed by atoms with Crippen LogP contribution in [0.1, 0.15) is 34.8 Å². The van der Waals surface area contributed by atoms with Crippen molar-refractivity contribution in [3.63, 3.8) is 0 Å². The lowest BCUT2D eigenvalue weighted by atomic mass is 9.93. The monoisotopic (exact) mass is 246 g/mol. The number of piperidine rings is 1. The van der Waals surface area contributed by atoms with Crippen molar-refractivity contribution in [3.8, 4) is 0 Å². The zero-order valence-corrected chi connectivity index (χ0v) is 11.4. The highest BCUT2D eigenvalue weighted by atomic mass is 16.2. The molecular formula is C15H22N2O. The van der Waals surface area contributed by atoms with Gasteiger partial charge in [0.25, 0.3) is 5.91 Å². The third kappa shape index (κ3) is 2.56. The lowest BCUT2D eigenvalue weighted by molar-refractivity contribution is 0.0672. The minimum Gasteiger partial charge on any atom is -0.337 e. The predicted octanol–water partition coefficient (Wildman–Crippen LogP) is 2.11. The maximum Gasteiger partial charge on any atom is 0.253 e. The molecule has 18 heavy (non-hydrogen) atoms. The molecule has 0 bridgehead atoms. The molecule has 0 aliphatic carbocycles. The van der Waals surface area contributed by atoms with Crippen LogP contribution in [-0.4, -0.2) is 29.9 Å². The SMILES string of the molecule is Cc1ccc(C(=O)N2CCC(C)C(N)C2)cc1C. The Hall–Kier alpha value is -1.35. The van der Waals surface area contributed by atoms with Crippen LogP contribution in [-0.2, 0) is 0 Å². The van der Waals surface area contributed by atoms with Crippen LogP contribution in [0.4, 0.5) is 0 Å². The molecule has 1 amide bonds. The zero-order chi connectivity index (χ0) is 13.3. The van der Waals surface area contributed by atoms with E-state index < -0.39 is 0 Å². The lowest BCUT2D eigenvalue weighted by Crippen LogP contribution is -2.49. The van der Waals surface area contributed by atoms with Crippen LogP contribution in [0.2, 0.25) is 0 Å². The average molecular weight is 246 g/mol. The molecule has 1 heterocycles. The Morgan fingerprint density at radius 1 is 1.33 bits per heavy atom. The minimum atomic E-state index is 0.106. The first-order valence-electron chi connectivity index (χ1n) is 6.61. The van der Waals surface area contributed by atoms with Gasteiger partial charge >= 0.3 is 0 Å². The van der Waals surface area contributed by atoms with Gasteiger partial charge in [0.2, 0.25) is 0 Å². The van der Waals surface area contributed by atoms with Crippen molar-refractivity contribution in [1.82, 2.24) is 4.90 Å². The molecule has 2 atom stereocenters.